The van der Waals surface area contributed by atoms with Gasteiger partial charge in [0.2, 0.25) is 17.8 Å². The van der Waals surface area contributed by atoms with Gasteiger partial charge in [0.1, 0.15) is 6.10 Å². The van der Waals surface area contributed by atoms with Crippen LogP contribution in [0.2, 0.25) is 0 Å². The van der Waals surface area contributed by atoms with Gasteiger partial charge in [-0.2, -0.15) is 4.98 Å². The second kappa shape index (κ2) is 8.78. The van der Waals surface area contributed by atoms with Crippen LogP contribution >= 0.6 is 0 Å². The van der Waals surface area contributed by atoms with Crippen LogP contribution in [0.15, 0.2) is 11.0 Å². The minimum absolute atomic E-state index is 0.0212. The van der Waals surface area contributed by atoms with Gasteiger partial charge in [-0.1, -0.05) is 13.8 Å². The van der Waals surface area contributed by atoms with Gasteiger partial charge < -0.3 is 10.2 Å². The molecule has 3 N–H and O–H groups in total. The molecule has 0 aromatic carbocycles. The van der Waals surface area contributed by atoms with Gasteiger partial charge in [0.25, 0.3) is 5.56 Å². The molecule has 2 unspecified atom stereocenters. The lowest BCUT2D eigenvalue weighted by Gasteiger charge is -2.19. The highest BCUT2D eigenvalue weighted by Gasteiger charge is 2.26. The van der Waals surface area contributed by atoms with Gasteiger partial charge in [0.15, 0.2) is 11.2 Å². The zero-order valence-corrected chi connectivity index (χ0v) is 15.5. The van der Waals surface area contributed by atoms with Crippen molar-refractivity contribution in [2.24, 2.45) is 0 Å². The number of aromatic amines is 1. The average molecular weight is 377 g/mol. The van der Waals surface area contributed by atoms with Crippen LogP contribution in [0.4, 0.5) is 5.95 Å². The maximum atomic E-state index is 12.4. The molecule has 0 fully saturated rings. The fraction of sp³-hybridized carbons (Fsp3) is 0.529. The molecule has 146 valence electrons. The van der Waals surface area contributed by atoms with E-state index in [2.05, 4.69) is 19.9 Å². The maximum absolute atomic E-state index is 12.4. The van der Waals surface area contributed by atoms with Crippen LogP contribution in [0, 0.1) is 0 Å². The van der Waals surface area contributed by atoms with E-state index in [1.54, 1.807) is 13.8 Å². The van der Waals surface area contributed by atoms with Crippen LogP contribution < -0.4 is 10.5 Å². The van der Waals surface area contributed by atoms with Crippen molar-refractivity contribution < 1.29 is 19.8 Å². The summed E-state index contributed by atoms with van der Waals surface area (Å²) in [4.78, 5) is 52.5. The Morgan fingerprint density at radius 1 is 1.15 bits per heavy atom. The summed E-state index contributed by atoms with van der Waals surface area (Å²) in [7, 11) is 0. The number of carbonyl (C=O) groups excluding carboxylic acids is 2. The van der Waals surface area contributed by atoms with E-state index in [9.17, 15) is 24.6 Å². The van der Waals surface area contributed by atoms with E-state index in [4.69, 9.17) is 0 Å². The van der Waals surface area contributed by atoms with Crippen molar-refractivity contribution in [2.45, 2.75) is 58.7 Å². The zero-order chi connectivity index (χ0) is 20.1. The van der Waals surface area contributed by atoms with Gasteiger partial charge in [0, 0.05) is 12.8 Å². The molecule has 0 saturated carbocycles. The number of H-pyrrole nitrogens is 1. The molecule has 0 aliphatic rings. The van der Waals surface area contributed by atoms with Gasteiger partial charge in [-0.3, -0.25) is 19.4 Å². The van der Waals surface area contributed by atoms with E-state index in [0.717, 1.165) is 4.90 Å². The van der Waals surface area contributed by atoms with Crippen LogP contribution in [-0.4, -0.2) is 48.1 Å². The number of aliphatic hydroxyl groups is 2. The van der Waals surface area contributed by atoms with Crippen molar-refractivity contribution in [3.05, 3.63) is 22.2 Å². The molecule has 2 amide bonds. The standard InChI is InChI=1S/C17H23N5O5/c1-4-6-11(24)22(12(25)7-5-2)17-20-15-13(16(27)21-17)18-8-10(19-15)14(26)9(3)23/h8-9,14,23,26H,4-7H2,1-3H3,(H,19,20,21,27). The topological polar surface area (TPSA) is 149 Å². The Morgan fingerprint density at radius 2 is 1.74 bits per heavy atom. The molecule has 0 aliphatic heterocycles. The average Bonchev–Trinajstić information content (AvgIpc) is 2.61. The quantitative estimate of drug-likeness (QED) is 0.634. The number of imide groups is 1. The molecule has 10 nitrogen and oxygen atoms in total. The number of rotatable bonds is 7. The Labute approximate surface area is 155 Å². The molecule has 10 heteroatoms. The van der Waals surface area contributed by atoms with E-state index < -0.39 is 29.6 Å². The highest BCUT2D eigenvalue weighted by Crippen LogP contribution is 2.17. The fourth-order valence-electron chi connectivity index (χ4n) is 2.44. The largest absolute Gasteiger partial charge is 0.390 e. The predicted molar refractivity (Wildman–Crippen MR) is 96.9 cm³/mol. The number of aromatic nitrogens is 4. The molecule has 2 atom stereocenters. The predicted octanol–water partition coefficient (Wildman–Crippen LogP) is 0.587. The van der Waals surface area contributed by atoms with E-state index in [1.165, 1.54) is 13.1 Å². The number of carbonyl (C=O) groups is 2. The first-order valence-electron chi connectivity index (χ1n) is 8.79. The van der Waals surface area contributed by atoms with Crippen molar-refractivity contribution in [1.82, 2.24) is 19.9 Å². The Balaban J connectivity index is 2.59. The highest BCUT2D eigenvalue weighted by molar-refractivity contribution is 6.13. The molecule has 2 rings (SSSR count). The molecule has 0 bridgehead atoms. The Bertz CT molecular complexity index is 877. The monoisotopic (exact) mass is 377 g/mol. The van der Waals surface area contributed by atoms with Gasteiger partial charge in [-0.05, 0) is 19.8 Å². The number of anilines is 1. The summed E-state index contributed by atoms with van der Waals surface area (Å²) in [6.07, 6.45) is 0.0259. The van der Waals surface area contributed by atoms with Crippen molar-refractivity contribution in [2.75, 3.05) is 4.90 Å². The number of fused-ring (bicyclic) bond motifs is 1. The molecule has 0 spiro atoms. The first-order chi connectivity index (χ1) is 12.8. The van der Waals surface area contributed by atoms with Crippen LogP contribution in [0.1, 0.15) is 58.3 Å². The van der Waals surface area contributed by atoms with Crippen LogP contribution in [-0.2, 0) is 9.59 Å². The SMILES string of the molecule is CCCC(=O)N(C(=O)CCC)c1nc2nc(C(O)C(C)O)cnc2c(=O)[nH]1. The summed E-state index contributed by atoms with van der Waals surface area (Å²) in [5, 5.41) is 19.4. The third kappa shape index (κ3) is 4.52. The summed E-state index contributed by atoms with van der Waals surface area (Å²) < 4.78 is 0. The third-order valence-electron chi connectivity index (χ3n) is 3.82. The number of nitrogens with zero attached hydrogens (tertiary/aromatic N) is 4. The molecular formula is C17H23N5O5. The van der Waals surface area contributed by atoms with E-state index >= 15 is 0 Å². The first kappa shape index (κ1) is 20.6. The smallest absolute Gasteiger partial charge is 0.280 e. The van der Waals surface area contributed by atoms with Gasteiger partial charge >= 0.3 is 0 Å². The summed E-state index contributed by atoms with van der Waals surface area (Å²) in [6, 6.07) is 0. The molecule has 0 saturated heterocycles. The molecule has 2 aromatic rings. The number of amides is 2. The highest BCUT2D eigenvalue weighted by atomic mass is 16.3. The molecule has 2 aromatic heterocycles. The molecular weight excluding hydrogens is 354 g/mol. The van der Waals surface area contributed by atoms with Gasteiger partial charge in [-0.25, -0.2) is 14.9 Å². The summed E-state index contributed by atoms with van der Waals surface area (Å²) in [5.74, 6) is -1.19. The number of aliphatic hydroxyl groups excluding tert-OH is 2. The lowest BCUT2D eigenvalue weighted by Crippen LogP contribution is -2.39. The van der Waals surface area contributed by atoms with Gasteiger partial charge in [-0.15, -0.1) is 0 Å². The molecule has 2 heterocycles. The normalized spacial score (nSPS) is 13.4. The van der Waals surface area contributed by atoms with Crippen molar-refractivity contribution in [1.29, 1.82) is 0 Å². The molecule has 0 radical (unpaired) electrons. The van der Waals surface area contributed by atoms with Crippen molar-refractivity contribution in [3.63, 3.8) is 0 Å². The number of hydrogen-bond donors (Lipinski definition) is 3. The molecule has 27 heavy (non-hydrogen) atoms. The second-order valence-corrected chi connectivity index (χ2v) is 6.16. The Kier molecular flexibility index (Phi) is 6.70. The Hall–Kier alpha value is -2.72. The van der Waals surface area contributed by atoms with E-state index in [1.807, 2.05) is 0 Å². The minimum atomic E-state index is -1.31. The van der Waals surface area contributed by atoms with E-state index in [0.29, 0.717) is 12.8 Å². The second-order valence-electron chi connectivity index (χ2n) is 6.16. The van der Waals surface area contributed by atoms with E-state index in [-0.39, 0.29) is 35.6 Å². The number of nitrogens with one attached hydrogen (secondary N) is 1. The molecule has 0 aliphatic carbocycles. The summed E-state index contributed by atoms with van der Waals surface area (Å²) in [5.41, 5.74) is -0.886. The number of hydrogen-bond acceptors (Lipinski definition) is 8. The lowest BCUT2D eigenvalue weighted by molar-refractivity contribution is -0.126. The third-order valence-corrected chi connectivity index (χ3v) is 3.82. The lowest BCUT2D eigenvalue weighted by atomic mass is 10.2. The van der Waals surface area contributed by atoms with Crippen LogP contribution in [0.25, 0.3) is 11.2 Å². The summed E-state index contributed by atoms with van der Waals surface area (Å²) in [6.45, 7) is 4.97. The van der Waals surface area contributed by atoms with Crippen LogP contribution in [0.5, 0.6) is 0 Å². The fourth-order valence-corrected chi connectivity index (χ4v) is 2.44. The van der Waals surface area contributed by atoms with Crippen molar-refractivity contribution in [3.8, 4) is 0 Å². The Morgan fingerprint density at radius 3 is 2.26 bits per heavy atom. The van der Waals surface area contributed by atoms with Crippen LogP contribution in [0.3, 0.4) is 0 Å². The first-order valence-corrected chi connectivity index (χ1v) is 8.79. The van der Waals surface area contributed by atoms with Crippen molar-refractivity contribution >= 4 is 28.9 Å². The maximum Gasteiger partial charge on any atom is 0.280 e. The zero-order valence-electron chi connectivity index (χ0n) is 15.5. The van der Waals surface area contributed by atoms with Gasteiger partial charge in [0.05, 0.1) is 18.0 Å². The summed E-state index contributed by atoms with van der Waals surface area (Å²) >= 11 is 0. The minimum Gasteiger partial charge on any atom is -0.390 e.